The van der Waals surface area contributed by atoms with Crippen molar-refractivity contribution in [3.8, 4) is 0 Å². The zero-order valence-corrected chi connectivity index (χ0v) is 13.1. The van der Waals surface area contributed by atoms with Crippen molar-refractivity contribution in [3.63, 3.8) is 0 Å². The van der Waals surface area contributed by atoms with Crippen molar-refractivity contribution in [1.29, 1.82) is 0 Å². The smallest absolute Gasteiger partial charge is 0.0640 e. The van der Waals surface area contributed by atoms with Crippen LogP contribution in [0.2, 0.25) is 0 Å². The second-order valence-corrected chi connectivity index (χ2v) is 6.04. The van der Waals surface area contributed by atoms with Crippen molar-refractivity contribution in [2.75, 3.05) is 14.2 Å². The zero-order valence-electron chi connectivity index (χ0n) is 13.1. The largest absolute Gasteiger partial charge is 0.382 e. The zero-order chi connectivity index (χ0) is 14.4. The molecule has 4 nitrogen and oxygen atoms in total. The lowest BCUT2D eigenvalue weighted by Crippen LogP contribution is -2.29. The Bertz CT molecular complexity index is 385. The summed E-state index contributed by atoms with van der Waals surface area (Å²) in [6.07, 6.45) is 11.0. The lowest BCUT2D eigenvalue weighted by atomic mass is 10.0. The summed E-state index contributed by atoms with van der Waals surface area (Å²) in [4.78, 5) is 0. The van der Waals surface area contributed by atoms with E-state index in [9.17, 15) is 0 Å². The first kappa shape index (κ1) is 15.5. The number of hydrogen-bond donors (Lipinski definition) is 1. The van der Waals surface area contributed by atoms with E-state index in [2.05, 4.69) is 29.2 Å². The van der Waals surface area contributed by atoms with Crippen molar-refractivity contribution < 1.29 is 4.74 Å². The highest BCUT2D eigenvalue weighted by atomic mass is 16.5. The molecule has 0 saturated heterocycles. The Labute approximate surface area is 122 Å². The Hall–Kier alpha value is -0.870. The van der Waals surface area contributed by atoms with Gasteiger partial charge in [-0.05, 0) is 45.7 Å². The minimum atomic E-state index is 0.335. The van der Waals surface area contributed by atoms with Crippen LogP contribution in [0.15, 0.2) is 12.3 Å². The van der Waals surface area contributed by atoms with Gasteiger partial charge in [-0.3, -0.25) is 4.68 Å². The molecule has 1 heterocycles. The molecule has 1 aliphatic rings. The van der Waals surface area contributed by atoms with Crippen molar-refractivity contribution in [1.82, 2.24) is 15.1 Å². The molecular formula is C16H29N3O. The van der Waals surface area contributed by atoms with Gasteiger partial charge in [0, 0.05) is 25.8 Å². The summed E-state index contributed by atoms with van der Waals surface area (Å²) < 4.78 is 7.51. The normalized spacial score (nSPS) is 19.4. The van der Waals surface area contributed by atoms with E-state index in [1.807, 2.05) is 7.05 Å². The van der Waals surface area contributed by atoms with Crippen molar-refractivity contribution in [3.05, 3.63) is 18.0 Å². The van der Waals surface area contributed by atoms with Crippen LogP contribution in [0.5, 0.6) is 0 Å². The summed E-state index contributed by atoms with van der Waals surface area (Å²) in [5.41, 5.74) is 1.21. The third-order valence-corrected chi connectivity index (χ3v) is 4.55. The van der Waals surface area contributed by atoms with Crippen LogP contribution in [0, 0.1) is 0 Å². The number of aromatic nitrogens is 2. The molecule has 0 bridgehead atoms. The molecule has 2 atom stereocenters. The minimum absolute atomic E-state index is 0.335. The van der Waals surface area contributed by atoms with Crippen LogP contribution in [0.3, 0.4) is 0 Å². The summed E-state index contributed by atoms with van der Waals surface area (Å²) in [5.74, 6) is 0. The standard InChI is InChI=1S/C16H29N3O/c1-13(20-3)8-9-14(17-2)12-15-10-11-19(18-15)16-6-4-5-7-16/h10-11,13-14,16-17H,4-9,12H2,1-3H3. The molecule has 2 unspecified atom stereocenters. The number of nitrogens with one attached hydrogen (secondary N) is 1. The van der Waals surface area contributed by atoms with E-state index in [0.29, 0.717) is 18.2 Å². The third-order valence-electron chi connectivity index (χ3n) is 4.55. The molecule has 0 aromatic carbocycles. The predicted octanol–water partition coefficient (Wildman–Crippen LogP) is 2.94. The van der Waals surface area contributed by atoms with Gasteiger partial charge in [-0.15, -0.1) is 0 Å². The Kier molecular flexibility index (Phi) is 6.05. The van der Waals surface area contributed by atoms with Crippen LogP contribution in [-0.2, 0) is 11.2 Å². The maximum absolute atomic E-state index is 5.32. The Morgan fingerprint density at radius 2 is 2.15 bits per heavy atom. The Morgan fingerprint density at radius 3 is 2.80 bits per heavy atom. The molecule has 114 valence electrons. The van der Waals surface area contributed by atoms with E-state index in [1.165, 1.54) is 31.4 Å². The first-order valence-corrected chi connectivity index (χ1v) is 7.97. The van der Waals surface area contributed by atoms with E-state index in [4.69, 9.17) is 9.84 Å². The van der Waals surface area contributed by atoms with Gasteiger partial charge < -0.3 is 10.1 Å². The summed E-state index contributed by atoms with van der Waals surface area (Å²) in [7, 11) is 3.82. The topological polar surface area (TPSA) is 39.1 Å². The van der Waals surface area contributed by atoms with Crippen LogP contribution in [0.4, 0.5) is 0 Å². The van der Waals surface area contributed by atoms with Crippen LogP contribution < -0.4 is 5.32 Å². The molecule has 1 aromatic heterocycles. The van der Waals surface area contributed by atoms with Gasteiger partial charge in [0.2, 0.25) is 0 Å². The SMILES string of the molecule is CNC(CCC(C)OC)Cc1ccn(C2CCCC2)n1. The summed E-state index contributed by atoms with van der Waals surface area (Å²) >= 11 is 0. The highest BCUT2D eigenvalue weighted by molar-refractivity contribution is 5.02. The minimum Gasteiger partial charge on any atom is -0.382 e. The number of methoxy groups -OCH3 is 1. The second-order valence-electron chi connectivity index (χ2n) is 6.04. The summed E-state index contributed by atoms with van der Waals surface area (Å²) in [6.45, 7) is 2.13. The third kappa shape index (κ3) is 4.32. The van der Waals surface area contributed by atoms with Crippen molar-refractivity contribution in [2.45, 2.75) is 70.1 Å². The summed E-state index contributed by atoms with van der Waals surface area (Å²) in [6, 6.07) is 3.31. The highest BCUT2D eigenvalue weighted by Crippen LogP contribution is 2.28. The number of ether oxygens (including phenoxy) is 1. The van der Waals surface area contributed by atoms with Gasteiger partial charge in [0.1, 0.15) is 0 Å². The van der Waals surface area contributed by atoms with Gasteiger partial charge in [0.15, 0.2) is 0 Å². The van der Waals surface area contributed by atoms with Gasteiger partial charge >= 0.3 is 0 Å². The molecule has 0 radical (unpaired) electrons. The van der Waals surface area contributed by atoms with Gasteiger partial charge in [-0.25, -0.2) is 0 Å². The maximum Gasteiger partial charge on any atom is 0.0640 e. The molecule has 0 spiro atoms. The second kappa shape index (κ2) is 7.79. The average Bonchev–Trinajstić information content (AvgIpc) is 3.13. The number of rotatable bonds is 8. The van der Waals surface area contributed by atoms with Crippen molar-refractivity contribution in [2.24, 2.45) is 0 Å². The van der Waals surface area contributed by atoms with Gasteiger partial charge in [-0.1, -0.05) is 12.8 Å². The molecule has 1 aliphatic carbocycles. The molecule has 20 heavy (non-hydrogen) atoms. The Morgan fingerprint density at radius 1 is 1.40 bits per heavy atom. The van der Waals surface area contributed by atoms with Crippen LogP contribution in [0.25, 0.3) is 0 Å². The lowest BCUT2D eigenvalue weighted by molar-refractivity contribution is 0.106. The molecule has 4 heteroatoms. The van der Waals surface area contributed by atoms with Crippen molar-refractivity contribution >= 4 is 0 Å². The lowest BCUT2D eigenvalue weighted by Gasteiger charge is -2.17. The van der Waals surface area contributed by atoms with Crippen LogP contribution in [0.1, 0.15) is 57.2 Å². The maximum atomic E-state index is 5.32. The fraction of sp³-hybridized carbons (Fsp3) is 0.812. The fourth-order valence-electron chi connectivity index (χ4n) is 3.01. The quantitative estimate of drug-likeness (QED) is 0.795. The van der Waals surface area contributed by atoms with Gasteiger partial charge in [-0.2, -0.15) is 5.10 Å². The number of hydrogen-bond acceptors (Lipinski definition) is 3. The fourth-order valence-corrected chi connectivity index (χ4v) is 3.01. The van der Waals surface area contributed by atoms with E-state index in [0.717, 1.165) is 19.3 Å². The van der Waals surface area contributed by atoms with Gasteiger partial charge in [0.05, 0.1) is 17.8 Å². The Balaban J connectivity index is 1.84. The van der Waals surface area contributed by atoms with Crippen LogP contribution in [-0.4, -0.2) is 36.1 Å². The monoisotopic (exact) mass is 279 g/mol. The summed E-state index contributed by atoms with van der Waals surface area (Å²) in [5, 5.41) is 8.18. The molecule has 2 rings (SSSR count). The average molecular weight is 279 g/mol. The van der Waals surface area contributed by atoms with Crippen LogP contribution >= 0.6 is 0 Å². The van der Waals surface area contributed by atoms with E-state index in [-0.39, 0.29) is 0 Å². The van der Waals surface area contributed by atoms with E-state index < -0.39 is 0 Å². The molecule has 0 amide bonds. The first-order chi connectivity index (χ1) is 9.72. The molecule has 1 fully saturated rings. The predicted molar refractivity (Wildman–Crippen MR) is 82.0 cm³/mol. The van der Waals surface area contributed by atoms with E-state index in [1.54, 1.807) is 7.11 Å². The molecule has 1 aromatic rings. The molecule has 0 aliphatic heterocycles. The van der Waals surface area contributed by atoms with Gasteiger partial charge in [0.25, 0.3) is 0 Å². The number of likely N-dealkylation sites (N-methyl/N-ethyl adjacent to an activating group) is 1. The molecule has 1 saturated carbocycles. The highest BCUT2D eigenvalue weighted by Gasteiger charge is 2.18. The number of nitrogens with zero attached hydrogens (tertiary/aromatic N) is 2. The molecular weight excluding hydrogens is 250 g/mol. The molecule has 1 N–H and O–H groups in total. The van der Waals surface area contributed by atoms with E-state index >= 15 is 0 Å². The first-order valence-electron chi connectivity index (χ1n) is 7.97.